The van der Waals surface area contributed by atoms with Crippen molar-refractivity contribution in [1.29, 1.82) is 0 Å². The van der Waals surface area contributed by atoms with Crippen molar-refractivity contribution in [2.45, 2.75) is 19.8 Å². The van der Waals surface area contributed by atoms with Gasteiger partial charge in [-0.2, -0.15) is 0 Å². The SMILES string of the molecule is CC(C)c1ccccc1Nc1ccc(Nc2ccccc2)cc1. The first-order valence-electron chi connectivity index (χ1n) is 8.00. The van der Waals surface area contributed by atoms with E-state index < -0.39 is 0 Å². The predicted molar refractivity (Wildman–Crippen MR) is 100.0 cm³/mol. The van der Waals surface area contributed by atoms with Crippen LogP contribution in [0.5, 0.6) is 0 Å². The summed E-state index contributed by atoms with van der Waals surface area (Å²) in [5.74, 6) is 0.498. The zero-order valence-electron chi connectivity index (χ0n) is 13.6. The molecule has 0 fully saturated rings. The lowest BCUT2D eigenvalue weighted by molar-refractivity contribution is 0.869. The molecule has 0 saturated carbocycles. The predicted octanol–water partition coefficient (Wildman–Crippen LogP) is 6.30. The molecule has 116 valence electrons. The van der Waals surface area contributed by atoms with Crippen LogP contribution in [0.25, 0.3) is 0 Å². The number of para-hydroxylation sites is 2. The number of benzene rings is 3. The lowest BCUT2D eigenvalue weighted by Gasteiger charge is -2.15. The monoisotopic (exact) mass is 302 g/mol. The second kappa shape index (κ2) is 7.01. The van der Waals surface area contributed by atoms with E-state index in [0.29, 0.717) is 5.92 Å². The molecule has 2 N–H and O–H groups in total. The third-order valence-corrected chi connectivity index (χ3v) is 3.81. The van der Waals surface area contributed by atoms with Gasteiger partial charge >= 0.3 is 0 Å². The Bertz CT molecular complexity index is 746. The van der Waals surface area contributed by atoms with Crippen molar-refractivity contribution in [2.75, 3.05) is 10.6 Å². The molecule has 0 aliphatic heterocycles. The van der Waals surface area contributed by atoms with Crippen LogP contribution < -0.4 is 10.6 Å². The first kappa shape index (κ1) is 15.2. The normalized spacial score (nSPS) is 10.6. The van der Waals surface area contributed by atoms with E-state index in [4.69, 9.17) is 0 Å². The van der Waals surface area contributed by atoms with Gasteiger partial charge in [0.2, 0.25) is 0 Å². The molecule has 0 atom stereocenters. The number of rotatable bonds is 5. The molecular formula is C21H22N2. The summed E-state index contributed by atoms with van der Waals surface area (Å²) in [5.41, 5.74) is 5.78. The van der Waals surface area contributed by atoms with Gasteiger partial charge in [0, 0.05) is 22.7 Å². The van der Waals surface area contributed by atoms with Crippen LogP contribution >= 0.6 is 0 Å². The third kappa shape index (κ3) is 3.92. The summed E-state index contributed by atoms with van der Waals surface area (Å²) < 4.78 is 0. The van der Waals surface area contributed by atoms with Gasteiger partial charge in [0.25, 0.3) is 0 Å². The summed E-state index contributed by atoms with van der Waals surface area (Å²) in [6.45, 7) is 4.43. The molecule has 3 aromatic rings. The van der Waals surface area contributed by atoms with Crippen molar-refractivity contribution < 1.29 is 0 Å². The Morgan fingerprint density at radius 2 is 1.09 bits per heavy atom. The second-order valence-corrected chi connectivity index (χ2v) is 5.94. The molecular weight excluding hydrogens is 280 g/mol. The minimum Gasteiger partial charge on any atom is -0.356 e. The number of hydrogen-bond donors (Lipinski definition) is 2. The molecule has 2 heteroatoms. The fourth-order valence-electron chi connectivity index (χ4n) is 2.59. The Morgan fingerprint density at radius 1 is 0.565 bits per heavy atom. The summed E-state index contributed by atoms with van der Waals surface area (Å²) in [7, 11) is 0. The standard InChI is InChI=1S/C21H22N2/c1-16(2)20-10-6-7-11-21(20)23-19-14-12-18(13-15-19)22-17-8-4-3-5-9-17/h3-16,22-23H,1-2H3. The van der Waals surface area contributed by atoms with E-state index in [1.54, 1.807) is 0 Å². The summed E-state index contributed by atoms with van der Waals surface area (Å²) in [6, 6.07) is 27.0. The molecule has 0 bridgehead atoms. The molecule has 0 radical (unpaired) electrons. The highest BCUT2D eigenvalue weighted by Crippen LogP contribution is 2.27. The Kier molecular flexibility index (Phi) is 4.62. The highest BCUT2D eigenvalue weighted by molar-refractivity contribution is 5.67. The lowest BCUT2D eigenvalue weighted by atomic mass is 10.0. The van der Waals surface area contributed by atoms with E-state index in [1.807, 2.05) is 18.2 Å². The van der Waals surface area contributed by atoms with Crippen molar-refractivity contribution in [3.05, 3.63) is 84.4 Å². The molecule has 0 unspecified atom stereocenters. The van der Waals surface area contributed by atoms with E-state index in [9.17, 15) is 0 Å². The van der Waals surface area contributed by atoms with E-state index in [-0.39, 0.29) is 0 Å². The molecule has 3 aromatic carbocycles. The maximum absolute atomic E-state index is 3.52. The molecule has 0 aliphatic rings. The number of hydrogen-bond acceptors (Lipinski definition) is 2. The summed E-state index contributed by atoms with van der Waals surface area (Å²) >= 11 is 0. The molecule has 0 aromatic heterocycles. The van der Waals surface area contributed by atoms with Gasteiger partial charge in [0.15, 0.2) is 0 Å². The van der Waals surface area contributed by atoms with Gasteiger partial charge in [-0.25, -0.2) is 0 Å². The van der Waals surface area contributed by atoms with Gasteiger partial charge in [-0.15, -0.1) is 0 Å². The minimum atomic E-state index is 0.498. The van der Waals surface area contributed by atoms with Crippen molar-refractivity contribution in [1.82, 2.24) is 0 Å². The van der Waals surface area contributed by atoms with Crippen LogP contribution in [0.3, 0.4) is 0 Å². The Labute approximate surface area is 138 Å². The zero-order chi connectivity index (χ0) is 16.1. The molecule has 0 spiro atoms. The molecule has 0 heterocycles. The summed E-state index contributed by atoms with van der Waals surface area (Å²) in [4.78, 5) is 0. The van der Waals surface area contributed by atoms with Gasteiger partial charge in [-0.1, -0.05) is 50.2 Å². The van der Waals surface area contributed by atoms with Crippen molar-refractivity contribution in [3.8, 4) is 0 Å². The Balaban J connectivity index is 1.73. The third-order valence-electron chi connectivity index (χ3n) is 3.81. The first-order chi connectivity index (χ1) is 11.2. The van der Waals surface area contributed by atoms with Gasteiger partial charge in [-0.3, -0.25) is 0 Å². The quantitative estimate of drug-likeness (QED) is 0.578. The van der Waals surface area contributed by atoms with E-state index in [1.165, 1.54) is 11.3 Å². The Morgan fingerprint density at radius 3 is 1.74 bits per heavy atom. The number of nitrogens with one attached hydrogen (secondary N) is 2. The largest absolute Gasteiger partial charge is 0.356 e. The second-order valence-electron chi connectivity index (χ2n) is 5.94. The van der Waals surface area contributed by atoms with Crippen LogP contribution in [0.1, 0.15) is 25.3 Å². The highest BCUT2D eigenvalue weighted by Gasteiger charge is 2.05. The van der Waals surface area contributed by atoms with Gasteiger partial charge in [-0.05, 0) is 53.9 Å². The maximum atomic E-state index is 3.52. The molecule has 0 saturated heterocycles. The van der Waals surface area contributed by atoms with E-state index in [2.05, 4.69) is 85.1 Å². The van der Waals surface area contributed by atoms with Crippen LogP contribution in [0.2, 0.25) is 0 Å². The van der Waals surface area contributed by atoms with Crippen LogP contribution in [-0.2, 0) is 0 Å². The average Bonchev–Trinajstić information content (AvgIpc) is 2.58. The summed E-state index contributed by atoms with van der Waals surface area (Å²) in [5, 5.41) is 6.91. The topological polar surface area (TPSA) is 24.1 Å². The minimum absolute atomic E-state index is 0.498. The Hall–Kier alpha value is -2.74. The average molecular weight is 302 g/mol. The zero-order valence-corrected chi connectivity index (χ0v) is 13.6. The molecule has 0 amide bonds. The van der Waals surface area contributed by atoms with Crippen molar-refractivity contribution in [2.24, 2.45) is 0 Å². The van der Waals surface area contributed by atoms with Crippen molar-refractivity contribution >= 4 is 22.7 Å². The van der Waals surface area contributed by atoms with E-state index in [0.717, 1.165) is 17.1 Å². The van der Waals surface area contributed by atoms with Crippen LogP contribution in [0, 0.1) is 0 Å². The van der Waals surface area contributed by atoms with Gasteiger partial charge in [0.1, 0.15) is 0 Å². The molecule has 23 heavy (non-hydrogen) atoms. The van der Waals surface area contributed by atoms with Gasteiger partial charge < -0.3 is 10.6 Å². The van der Waals surface area contributed by atoms with Crippen LogP contribution in [0.4, 0.5) is 22.7 Å². The smallest absolute Gasteiger partial charge is 0.0419 e. The number of anilines is 4. The molecule has 0 aliphatic carbocycles. The summed E-state index contributed by atoms with van der Waals surface area (Å²) in [6.07, 6.45) is 0. The van der Waals surface area contributed by atoms with E-state index >= 15 is 0 Å². The fourth-order valence-corrected chi connectivity index (χ4v) is 2.59. The molecule has 3 rings (SSSR count). The van der Waals surface area contributed by atoms with Crippen molar-refractivity contribution in [3.63, 3.8) is 0 Å². The fraction of sp³-hybridized carbons (Fsp3) is 0.143. The van der Waals surface area contributed by atoms with Gasteiger partial charge in [0.05, 0.1) is 0 Å². The van der Waals surface area contributed by atoms with Crippen LogP contribution in [0.15, 0.2) is 78.9 Å². The highest BCUT2D eigenvalue weighted by atomic mass is 14.9. The lowest BCUT2D eigenvalue weighted by Crippen LogP contribution is -1.97. The maximum Gasteiger partial charge on any atom is 0.0419 e. The molecule has 2 nitrogen and oxygen atoms in total. The first-order valence-corrected chi connectivity index (χ1v) is 8.00. The van der Waals surface area contributed by atoms with Crippen LogP contribution in [-0.4, -0.2) is 0 Å².